The maximum atomic E-state index is 12.7. The van der Waals surface area contributed by atoms with Crippen LogP contribution in [0.25, 0.3) is 0 Å². The summed E-state index contributed by atoms with van der Waals surface area (Å²) in [5.41, 5.74) is 0.368. The van der Waals surface area contributed by atoms with Gasteiger partial charge in [-0.2, -0.15) is 0 Å². The molecule has 0 aliphatic carbocycles. The molecule has 1 heterocycles. The van der Waals surface area contributed by atoms with Gasteiger partial charge in [-0.15, -0.1) is 0 Å². The first-order valence-corrected chi connectivity index (χ1v) is 7.12. The fourth-order valence-electron chi connectivity index (χ4n) is 2.47. The Balaban J connectivity index is 2.02. The van der Waals surface area contributed by atoms with E-state index in [1.807, 2.05) is 26.8 Å². The standard InChI is InChI=1S/C16H21F2NO2/c1-16(2,3)21-15(20)19-8-7-13(10-19)11-5-4-6-12(9-11)14(17)18/h4-6,9,13-14H,7-8,10H2,1-3H3. The van der Waals surface area contributed by atoms with Crippen molar-refractivity contribution in [3.8, 4) is 0 Å². The van der Waals surface area contributed by atoms with E-state index in [1.54, 1.807) is 11.0 Å². The summed E-state index contributed by atoms with van der Waals surface area (Å²) in [6, 6.07) is 6.45. The quantitative estimate of drug-likeness (QED) is 0.812. The minimum absolute atomic E-state index is 0.0308. The molecule has 1 aliphatic rings. The predicted octanol–water partition coefficient (Wildman–Crippen LogP) is 4.35. The van der Waals surface area contributed by atoms with E-state index in [1.165, 1.54) is 12.1 Å². The van der Waals surface area contributed by atoms with Crippen LogP contribution in [0.1, 0.15) is 50.7 Å². The molecule has 1 aliphatic heterocycles. The van der Waals surface area contributed by atoms with Gasteiger partial charge in [-0.05, 0) is 38.8 Å². The Morgan fingerprint density at radius 3 is 2.71 bits per heavy atom. The van der Waals surface area contributed by atoms with Crippen LogP contribution in [0.15, 0.2) is 24.3 Å². The third-order valence-electron chi connectivity index (χ3n) is 3.47. The molecule has 116 valence electrons. The largest absolute Gasteiger partial charge is 0.444 e. The van der Waals surface area contributed by atoms with Gasteiger partial charge in [0.2, 0.25) is 0 Å². The molecule has 0 aromatic heterocycles. The second-order valence-corrected chi connectivity index (χ2v) is 6.38. The zero-order valence-corrected chi connectivity index (χ0v) is 12.6. The number of halogens is 2. The zero-order chi connectivity index (χ0) is 15.6. The Hall–Kier alpha value is -1.65. The SMILES string of the molecule is CC(C)(C)OC(=O)N1CCC(c2cccc(C(F)F)c2)C1. The number of benzene rings is 1. The highest BCUT2D eigenvalue weighted by Crippen LogP contribution is 2.30. The molecule has 0 N–H and O–H groups in total. The summed E-state index contributed by atoms with van der Waals surface area (Å²) in [5.74, 6) is 0.0937. The molecular weight excluding hydrogens is 276 g/mol. The number of likely N-dealkylation sites (tertiary alicyclic amines) is 1. The lowest BCUT2D eigenvalue weighted by atomic mass is 9.97. The average molecular weight is 297 g/mol. The normalized spacial score (nSPS) is 19.1. The summed E-state index contributed by atoms with van der Waals surface area (Å²) in [4.78, 5) is 13.6. The molecule has 0 spiro atoms. The summed E-state index contributed by atoms with van der Waals surface area (Å²) < 4.78 is 30.8. The number of ether oxygens (including phenoxy) is 1. The van der Waals surface area contributed by atoms with Crippen LogP contribution in [0.2, 0.25) is 0 Å². The Bertz CT molecular complexity index is 511. The molecule has 2 rings (SSSR count). The summed E-state index contributed by atoms with van der Waals surface area (Å²) in [7, 11) is 0. The van der Waals surface area contributed by atoms with Gasteiger partial charge in [0.1, 0.15) is 5.60 Å². The van der Waals surface area contributed by atoms with Crippen molar-refractivity contribution < 1.29 is 18.3 Å². The smallest absolute Gasteiger partial charge is 0.410 e. The number of carbonyl (C=O) groups excluding carboxylic acids is 1. The van der Waals surface area contributed by atoms with Crippen molar-refractivity contribution in [1.82, 2.24) is 4.90 Å². The molecule has 21 heavy (non-hydrogen) atoms. The Labute approximate surface area is 123 Å². The zero-order valence-electron chi connectivity index (χ0n) is 12.6. The summed E-state index contributed by atoms with van der Waals surface area (Å²) in [6.45, 7) is 6.58. The third-order valence-corrected chi connectivity index (χ3v) is 3.47. The first-order chi connectivity index (χ1) is 9.76. The number of carbonyl (C=O) groups is 1. The van der Waals surface area contributed by atoms with Crippen molar-refractivity contribution in [2.75, 3.05) is 13.1 Å². The van der Waals surface area contributed by atoms with E-state index in [2.05, 4.69) is 0 Å². The highest BCUT2D eigenvalue weighted by molar-refractivity contribution is 5.68. The molecule has 1 aromatic carbocycles. The van der Waals surface area contributed by atoms with E-state index in [4.69, 9.17) is 4.74 Å². The van der Waals surface area contributed by atoms with Gasteiger partial charge in [-0.25, -0.2) is 13.6 Å². The number of alkyl halides is 2. The van der Waals surface area contributed by atoms with Crippen LogP contribution in [0.3, 0.4) is 0 Å². The monoisotopic (exact) mass is 297 g/mol. The van der Waals surface area contributed by atoms with Crippen LogP contribution in [0, 0.1) is 0 Å². The van der Waals surface area contributed by atoms with E-state index in [0.717, 1.165) is 12.0 Å². The van der Waals surface area contributed by atoms with Gasteiger partial charge in [0.25, 0.3) is 6.43 Å². The van der Waals surface area contributed by atoms with Gasteiger partial charge < -0.3 is 9.64 Å². The number of hydrogen-bond donors (Lipinski definition) is 0. The molecule has 5 heteroatoms. The lowest BCUT2D eigenvalue weighted by molar-refractivity contribution is 0.0292. The fraction of sp³-hybridized carbons (Fsp3) is 0.562. The van der Waals surface area contributed by atoms with Crippen LogP contribution in [-0.2, 0) is 4.74 Å². The van der Waals surface area contributed by atoms with Crippen molar-refractivity contribution in [2.45, 2.75) is 45.1 Å². The first-order valence-electron chi connectivity index (χ1n) is 7.12. The van der Waals surface area contributed by atoms with Gasteiger partial charge in [0.15, 0.2) is 0 Å². The molecule has 1 aromatic rings. The second-order valence-electron chi connectivity index (χ2n) is 6.38. The lowest BCUT2D eigenvalue weighted by Gasteiger charge is -2.24. The topological polar surface area (TPSA) is 29.5 Å². The molecule has 1 amide bonds. The van der Waals surface area contributed by atoms with E-state index in [0.29, 0.717) is 13.1 Å². The van der Waals surface area contributed by atoms with Gasteiger partial charge >= 0.3 is 6.09 Å². The maximum Gasteiger partial charge on any atom is 0.410 e. The van der Waals surface area contributed by atoms with Crippen LogP contribution < -0.4 is 0 Å². The van der Waals surface area contributed by atoms with Crippen LogP contribution >= 0.6 is 0 Å². The molecule has 3 nitrogen and oxygen atoms in total. The molecule has 1 saturated heterocycles. The molecule has 0 radical (unpaired) electrons. The Morgan fingerprint density at radius 2 is 2.10 bits per heavy atom. The molecule has 1 unspecified atom stereocenters. The van der Waals surface area contributed by atoms with Crippen LogP contribution in [0.4, 0.5) is 13.6 Å². The number of nitrogens with zero attached hydrogens (tertiary/aromatic N) is 1. The third kappa shape index (κ3) is 4.16. The van der Waals surface area contributed by atoms with Crippen molar-refractivity contribution in [2.24, 2.45) is 0 Å². The Morgan fingerprint density at radius 1 is 1.38 bits per heavy atom. The lowest BCUT2D eigenvalue weighted by Crippen LogP contribution is -2.35. The second kappa shape index (κ2) is 6.00. The Kier molecular flexibility index (Phi) is 4.49. The molecule has 0 bridgehead atoms. The molecular formula is C16H21F2NO2. The highest BCUT2D eigenvalue weighted by atomic mass is 19.3. The van der Waals surface area contributed by atoms with Crippen molar-refractivity contribution in [3.63, 3.8) is 0 Å². The highest BCUT2D eigenvalue weighted by Gasteiger charge is 2.30. The summed E-state index contributed by atoms with van der Waals surface area (Å²) >= 11 is 0. The maximum absolute atomic E-state index is 12.7. The number of hydrogen-bond acceptors (Lipinski definition) is 2. The molecule has 1 atom stereocenters. The number of amides is 1. The van der Waals surface area contributed by atoms with Crippen LogP contribution in [0.5, 0.6) is 0 Å². The van der Waals surface area contributed by atoms with Gasteiger partial charge in [0.05, 0.1) is 0 Å². The minimum Gasteiger partial charge on any atom is -0.444 e. The van der Waals surface area contributed by atoms with E-state index in [9.17, 15) is 13.6 Å². The molecule has 0 saturated carbocycles. The van der Waals surface area contributed by atoms with Gasteiger partial charge in [0, 0.05) is 24.6 Å². The minimum atomic E-state index is -2.46. The van der Waals surface area contributed by atoms with E-state index < -0.39 is 12.0 Å². The van der Waals surface area contributed by atoms with Crippen molar-refractivity contribution in [3.05, 3.63) is 35.4 Å². The van der Waals surface area contributed by atoms with Crippen molar-refractivity contribution in [1.29, 1.82) is 0 Å². The van der Waals surface area contributed by atoms with Gasteiger partial charge in [-0.3, -0.25) is 0 Å². The van der Waals surface area contributed by atoms with E-state index >= 15 is 0 Å². The summed E-state index contributed by atoms with van der Waals surface area (Å²) in [6.07, 6.45) is -2.03. The van der Waals surface area contributed by atoms with Crippen LogP contribution in [-0.4, -0.2) is 29.7 Å². The molecule has 1 fully saturated rings. The fourth-order valence-corrected chi connectivity index (χ4v) is 2.47. The van der Waals surface area contributed by atoms with Gasteiger partial charge in [-0.1, -0.05) is 18.2 Å². The van der Waals surface area contributed by atoms with Crippen molar-refractivity contribution >= 4 is 6.09 Å². The average Bonchev–Trinajstić information content (AvgIpc) is 2.86. The first kappa shape index (κ1) is 15.7. The predicted molar refractivity (Wildman–Crippen MR) is 76.6 cm³/mol. The van der Waals surface area contributed by atoms with E-state index in [-0.39, 0.29) is 17.6 Å². The number of rotatable bonds is 2. The summed E-state index contributed by atoms with van der Waals surface area (Å²) in [5, 5.41) is 0.